The SMILES string of the molecule is Cc1ccc(C(=O)[C@@H](C)C[NH+]2CCCCC2)cc1. The van der Waals surface area contributed by atoms with Crippen LogP contribution in [0.25, 0.3) is 0 Å². The molecule has 1 aliphatic heterocycles. The van der Waals surface area contributed by atoms with Crippen LogP contribution in [0.4, 0.5) is 0 Å². The molecule has 2 rings (SSSR count). The van der Waals surface area contributed by atoms with E-state index in [0.717, 1.165) is 12.1 Å². The Kier molecular flexibility index (Phi) is 4.54. The molecule has 2 heteroatoms. The van der Waals surface area contributed by atoms with Crippen LogP contribution in [0.15, 0.2) is 24.3 Å². The van der Waals surface area contributed by atoms with Crippen LogP contribution >= 0.6 is 0 Å². The molecule has 1 saturated heterocycles. The van der Waals surface area contributed by atoms with Crippen molar-refractivity contribution in [2.45, 2.75) is 33.1 Å². The second-order valence-electron chi connectivity index (χ2n) is 5.65. The van der Waals surface area contributed by atoms with E-state index < -0.39 is 0 Å². The molecule has 0 saturated carbocycles. The monoisotopic (exact) mass is 246 g/mol. The molecule has 1 aliphatic rings. The summed E-state index contributed by atoms with van der Waals surface area (Å²) in [7, 11) is 0. The Bertz CT molecular complexity index is 390. The highest BCUT2D eigenvalue weighted by molar-refractivity contribution is 5.97. The van der Waals surface area contributed by atoms with E-state index in [1.165, 1.54) is 37.9 Å². The minimum absolute atomic E-state index is 0.140. The van der Waals surface area contributed by atoms with Gasteiger partial charge in [0.15, 0.2) is 5.78 Å². The van der Waals surface area contributed by atoms with Gasteiger partial charge in [-0.25, -0.2) is 0 Å². The number of ketones is 1. The molecule has 1 fully saturated rings. The van der Waals surface area contributed by atoms with Crippen molar-refractivity contribution in [3.63, 3.8) is 0 Å². The third kappa shape index (κ3) is 3.42. The van der Waals surface area contributed by atoms with Crippen molar-refractivity contribution in [3.8, 4) is 0 Å². The average Bonchev–Trinajstić information content (AvgIpc) is 2.40. The topological polar surface area (TPSA) is 21.5 Å². The van der Waals surface area contributed by atoms with Crippen LogP contribution < -0.4 is 4.90 Å². The zero-order chi connectivity index (χ0) is 13.0. The summed E-state index contributed by atoms with van der Waals surface area (Å²) in [6, 6.07) is 7.96. The second kappa shape index (κ2) is 6.14. The summed E-state index contributed by atoms with van der Waals surface area (Å²) in [5.74, 6) is 0.439. The quantitative estimate of drug-likeness (QED) is 0.805. The predicted octanol–water partition coefficient (Wildman–Crippen LogP) is 1.88. The second-order valence-corrected chi connectivity index (χ2v) is 5.65. The van der Waals surface area contributed by atoms with Gasteiger partial charge in [-0.1, -0.05) is 29.8 Å². The lowest BCUT2D eigenvalue weighted by Gasteiger charge is -2.25. The van der Waals surface area contributed by atoms with Crippen molar-refractivity contribution in [2.24, 2.45) is 5.92 Å². The Balaban J connectivity index is 1.93. The van der Waals surface area contributed by atoms with Crippen molar-refractivity contribution in [2.75, 3.05) is 19.6 Å². The van der Waals surface area contributed by atoms with Gasteiger partial charge >= 0.3 is 0 Å². The molecule has 1 atom stereocenters. The summed E-state index contributed by atoms with van der Waals surface area (Å²) in [6.45, 7) is 7.60. The van der Waals surface area contributed by atoms with Crippen molar-refractivity contribution in [1.29, 1.82) is 0 Å². The highest BCUT2D eigenvalue weighted by atomic mass is 16.1. The normalized spacial score (nSPS) is 18.6. The maximum atomic E-state index is 12.3. The largest absolute Gasteiger partial charge is 0.334 e. The first-order chi connectivity index (χ1) is 8.66. The molecular formula is C16H24NO+. The number of carbonyl (C=O) groups excluding carboxylic acids is 1. The number of carbonyl (C=O) groups is 1. The first-order valence-electron chi connectivity index (χ1n) is 7.11. The number of Topliss-reactive ketones (excluding diaryl/α,β-unsaturated/α-hetero) is 1. The Hall–Kier alpha value is -1.15. The number of nitrogens with one attached hydrogen (secondary N) is 1. The number of aryl methyl sites for hydroxylation is 1. The fourth-order valence-corrected chi connectivity index (χ4v) is 2.78. The summed E-state index contributed by atoms with van der Waals surface area (Å²) in [4.78, 5) is 13.9. The van der Waals surface area contributed by atoms with Crippen LogP contribution in [0.5, 0.6) is 0 Å². The van der Waals surface area contributed by atoms with E-state index in [1.54, 1.807) is 4.90 Å². The summed E-state index contributed by atoms with van der Waals surface area (Å²) in [6.07, 6.45) is 4.01. The van der Waals surface area contributed by atoms with Gasteiger partial charge in [-0.15, -0.1) is 0 Å². The smallest absolute Gasteiger partial charge is 0.171 e. The number of rotatable bonds is 4. The number of piperidine rings is 1. The molecule has 0 bridgehead atoms. The molecule has 0 unspecified atom stereocenters. The maximum absolute atomic E-state index is 12.3. The zero-order valence-corrected chi connectivity index (χ0v) is 11.5. The van der Waals surface area contributed by atoms with E-state index in [4.69, 9.17) is 0 Å². The van der Waals surface area contributed by atoms with Gasteiger partial charge in [0.1, 0.15) is 0 Å². The molecule has 0 spiro atoms. The van der Waals surface area contributed by atoms with Gasteiger partial charge < -0.3 is 4.90 Å². The maximum Gasteiger partial charge on any atom is 0.171 e. The van der Waals surface area contributed by atoms with E-state index in [1.807, 2.05) is 24.3 Å². The van der Waals surface area contributed by atoms with Crippen molar-refractivity contribution >= 4 is 5.78 Å². The molecule has 2 nitrogen and oxygen atoms in total. The molecule has 0 radical (unpaired) electrons. The molecule has 1 aromatic rings. The zero-order valence-electron chi connectivity index (χ0n) is 11.5. The van der Waals surface area contributed by atoms with Crippen LogP contribution in [-0.4, -0.2) is 25.4 Å². The molecule has 0 aliphatic carbocycles. The minimum atomic E-state index is 0.140. The van der Waals surface area contributed by atoms with E-state index in [-0.39, 0.29) is 5.92 Å². The Morgan fingerprint density at radius 2 is 1.78 bits per heavy atom. The summed E-state index contributed by atoms with van der Waals surface area (Å²) >= 11 is 0. The Morgan fingerprint density at radius 1 is 1.17 bits per heavy atom. The van der Waals surface area contributed by atoms with Gasteiger partial charge in [-0.05, 0) is 33.1 Å². The van der Waals surface area contributed by atoms with E-state index in [9.17, 15) is 4.79 Å². The van der Waals surface area contributed by atoms with Gasteiger partial charge in [0, 0.05) is 5.56 Å². The Morgan fingerprint density at radius 3 is 2.39 bits per heavy atom. The van der Waals surface area contributed by atoms with Crippen LogP contribution in [0.2, 0.25) is 0 Å². The first-order valence-corrected chi connectivity index (χ1v) is 7.11. The Labute approximate surface area is 110 Å². The average molecular weight is 246 g/mol. The third-order valence-electron chi connectivity index (χ3n) is 3.94. The standard InChI is InChI=1S/C16H23NO/c1-13-6-8-15(9-7-13)16(18)14(2)12-17-10-4-3-5-11-17/h6-9,14H,3-5,10-12H2,1-2H3/p+1/t14-/m0/s1. The van der Waals surface area contributed by atoms with E-state index in [0.29, 0.717) is 5.78 Å². The summed E-state index contributed by atoms with van der Waals surface area (Å²) < 4.78 is 0. The highest BCUT2D eigenvalue weighted by Crippen LogP contribution is 2.09. The summed E-state index contributed by atoms with van der Waals surface area (Å²) in [5, 5.41) is 0. The fourth-order valence-electron chi connectivity index (χ4n) is 2.78. The van der Waals surface area contributed by atoms with Crippen molar-refractivity contribution in [3.05, 3.63) is 35.4 Å². The van der Waals surface area contributed by atoms with Gasteiger partial charge in [0.2, 0.25) is 0 Å². The molecule has 98 valence electrons. The van der Waals surface area contributed by atoms with Gasteiger partial charge in [-0.2, -0.15) is 0 Å². The van der Waals surface area contributed by atoms with Gasteiger partial charge in [0.25, 0.3) is 0 Å². The molecule has 1 N–H and O–H groups in total. The molecule has 1 heterocycles. The summed E-state index contributed by atoms with van der Waals surface area (Å²) in [5.41, 5.74) is 2.07. The van der Waals surface area contributed by atoms with Crippen molar-refractivity contribution < 1.29 is 9.69 Å². The number of benzene rings is 1. The van der Waals surface area contributed by atoms with Gasteiger partial charge in [0.05, 0.1) is 25.6 Å². The van der Waals surface area contributed by atoms with Crippen LogP contribution in [-0.2, 0) is 0 Å². The van der Waals surface area contributed by atoms with Crippen LogP contribution in [0.1, 0.15) is 42.1 Å². The van der Waals surface area contributed by atoms with E-state index >= 15 is 0 Å². The minimum Gasteiger partial charge on any atom is -0.334 e. The highest BCUT2D eigenvalue weighted by Gasteiger charge is 2.22. The van der Waals surface area contributed by atoms with Crippen LogP contribution in [0.3, 0.4) is 0 Å². The lowest BCUT2D eigenvalue weighted by atomic mass is 9.97. The van der Waals surface area contributed by atoms with E-state index in [2.05, 4.69) is 13.8 Å². The third-order valence-corrected chi connectivity index (χ3v) is 3.94. The number of hydrogen-bond acceptors (Lipinski definition) is 1. The fraction of sp³-hybridized carbons (Fsp3) is 0.562. The van der Waals surface area contributed by atoms with Crippen molar-refractivity contribution in [1.82, 2.24) is 0 Å². The molecule has 0 amide bonds. The predicted molar refractivity (Wildman–Crippen MR) is 74.1 cm³/mol. The molecule has 0 aromatic heterocycles. The first kappa shape index (κ1) is 13.3. The number of quaternary nitrogens is 1. The molecular weight excluding hydrogens is 222 g/mol. The number of likely N-dealkylation sites (tertiary alicyclic amines) is 1. The lowest BCUT2D eigenvalue weighted by molar-refractivity contribution is -0.906. The molecule has 1 aromatic carbocycles. The number of hydrogen-bond donors (Lipinski definition) is 1. The van der Waals surface area contributed by atoms with Crippen LogP contribution in [0, 0.1) is 12.8 Å². The lowest BCUT2D eigenvalue weighted by Crippen LogP contribution is -3.13. The van der Waals surface area contributed by atoms with Gasteiger partial charge in [-0.3, -0.25) is 4.79 Å². The molecule has 18 heavy (non-hydrogen) atoms.